The number of nitrogens with zero attached hydrogens (tertiary/aromatic N) is 1. The van der Waals surface area contributed by atoms with Gasteiger partial charge in [0.25, 0.3) is 0 Å². The monoisotopic (exact) mass is 264 g/mol. The van der Waals surface area contributed by atoms with Crippen molar-refractivity contribution in [2.75, 3.05) is 25.1 Å². The molecule has 0 unspecified atom stereocenters. The molecular formula is C14H20N2O3. The summed E-state index contributed by atoms with van der Waals surface area (Å²) in [5, 5.41) is 8.87. The van der Waals surface area contributed by atoms with Crippen LogP contribution in [-0.2, 0) is 4.79 Å². The van der Waals surface area contributed by atoms with Gasteiger partial charge in [-0.25, -0.2) is 0 Å². The molecule has 19 heavy (non-hydrogen) atoms. The Kier molecular flexibility index (Phi) is 3.95. The fourth-order valence-electron chi connectivity index (χ4n) is 2.50. The van der Waals surface area contributed by atoms with Crippen LogP contribution in [0.5, 0.6) is 5.75 Å². The fraction of sp³-hybridized carbons (Fsp3) is 0.500. The van der Waals surface area contributed by atoms with Crippen LogP contribution >= 0.6 is 0 Å². The topological polar surface area (TPSA) is 75.8 Å². The SMILES string of the molecule is COc1cccc(N2CCC(N)(CC(=O)O)CC2)c1. The van der Waals surface area contributed by atoms with E-state index < -0.39 is 11.5 Å². The Morgan fingerprint density at radius 3 is 2.74 bits per heavy atom. The zero-order chi connectivity index (χ0) is 13.9. The van der Waals surface area contributed by atoms with Gasteiger partial charge in [-0.2, -0.15) is 0 Å². The Morgan fingerprint density at radius 1 is 1.47 bits per heavy atom. The van der Waals surface area contributed by atoms with Gasteiger partial charge in [0, 0.05) is 30.4 Å². The average molecular weight is 264 g/mol. The van der Waals surface area contributed by atoms with E-state index >= 15 is 0 Å². The Hall–Kier alpha value is -1.75. The van der Waals surface area contributed by atoms with Crippen molar-refractivity contribution in [3.05, 3.63) is 24.3 Å². The number of ether oxygens (including phenoxy) is 1. The number of carboxylic acid groups (broad SMARTS) is 1. The van der Waals surface area contributed by atoms with E-state index in [0.29, 0.717) is 12.8 Å². The van der Waals surface area contributed by atoms with Crippen molar-refractivity contribution in [1.29, 1.82) is 0 Å². The molecular weight excluding hydrogens is 244 g/mol. The number of carboxylic acids is 1. The van der Waals surface area contributed by atoms with Crippen LogP contribution in [0.2, 0.25) is 0 Å². The standard InChI is InChI=1S/C14H20N2O3/c1-19-12-4-2-3-11(9-12)16-7-5-14(15,6-8-16)10-13(17)18/h2-4,9H,5-8,10,15H2,1H3,(H,17,18). The van der Waals surface area contributed by atoms with Crippen molar-refractivity contribution < 1.29 is 14.6 Å². The molecule has 1 aliphatic heterocycles. The van der Waals surface area contributed by atoms with Gasteiger partial charge in [0.05, 0.1) is 13.5 Å². The highest BCUT2D eigenvalue weighted by atomic mass is 16.5. The maximum atomic E-state index is 10.8. The summed E-state index contributed by atoms with van der Waals surface area (Å²) >= 11 is 0. The molecule has 0 amide bonds. The van der Waals surface area contributed by atoms with Crippen LogP contribution in [0.1, 0.15) is 19.3 Å². The van der Waals surface area contributed by atoms with E-state index in [1.165, 1.54) is 0 Å². The van der Waals surface area contributed by atoms with Gasteiger partial charge in [-0.1, -0.05) is 6.07 Å². The third kappa shape index (κ3) is 3.38. The molecule has 2 rings (SSSR count). The summed E-state index contributed by atoms with van der Waals surface area (Å²) in [4.78, 5) is 13.0. The van der Waals surface area contributed by atoms with Crippen molar-refractivity contribution in [2.45, 2.75) is 24.8 Å². The van der Waals surface area contributed by atoms with Gasteiger partial charge in [0.2, 0.25) is 0 Å². The summed E-state index contributed by atoms with van der Waals surface area (Å²) in [5.41, 5.74) is 6.65. The van der Waals surface area contributed by atoms with Gasteiger partial charge in [0.15, 0.2) is 0 Å². The third-order valence-electron chi connectivity index (χ3n) is 3.68. The zero-order valence-electron chi connectivity index (χ0n) is 11.1. The third-order valence-corrected chi connectivity index (χ3v) is 3.68. The number of anilines is 1. The number of aliphatic carboxylic acids is 1. The number of piperidine rings is 1. The minimum absolute atomic E-state index is 0.0406. The summed E-state index contributed by atoms with van der Waals surface area (Å²) < 4.78 is 5.21. The molecule has 0 aliphatic carbocycles. The van der Waals surface area contributed by atoms with Crippen LogP contribution in [0.15, 0.2) is 24.3 Å². The quantitative estimate of drug-likeness (QED) is 0.861. The lowest BCUT2D eigenvalue weighted by molar-refractivity contribution is -0.138. The number of rotatable bonds is 4. The highest BCUT2D eigenvalue weighted by Gasteiger charge is 2.32. The summed E-state index contributed by atoms with van der Waals surface area (Å²) in [7, 11) is 1.65. The Morgan fingerprint density at radius 2 is 2.16 bits per heavy atom. The minimum Gasteiger partial charge on any atom is -0.497 e. The van der Waals surface area contributed by atoms with Crippen molar-refractivity contribution in [3.63, 3.8) is 0 Å². The Bertz CT molecular complexity index is 454. The van der Waals surface area contributed by atoms with Crippen LogP contribution in [0, 0.1) is 0 Å². The predicted octanol–water partition coefficient (Wildman–Crippen LogP) is 1.47. The molecule has 5 heteroatoms. The van der Waals surface area contributed by atoms with Crippen molar-refractivity contribution in [1.82, 2.24) is 0 Å². The maximum Gasteiger partial charge on any atom is 0.305 e. The Labute approximate surface area is 113 Å². The molecule has 3 N–H and O–H groups in total. The molecule has 5 nitrogen and oxygen atoms in total. The van der Waals surface area contributed by atoms with E-state index in [2.05, 4.69) is 4.90 Å². The number of hydrogen-bond donors (Lipinski definition) is 2. The van der Waals surface area contributed by atoms with E-state index in [9.17, 15) is 4.79 Å². The summed E-state index contributed by atoms with van der Waals surface area (Å²) in [6.07, 6.45) is 1.42. The molecule has 104 valence electrons. The predicted molar refractivity (Wildman–Crippen MR) is 73.6 cm³/mol. The second kappa shape index (κ2) is 5.48. The summed E-state index contributed by atoms with van der Waals surface area (Å²) in [5.74, 6) is 0.00458. The molecule has 0 spiro atoms. The summed E-state index contributed by atoms with van der Waals surface area (Å²) in [6.45, 7) is 1.55. The molecule has 0 atom stereocenters. The highest BCUT2D eigenvalue weighted by molar-refractivity contribution is 5.68. The lowest BCUT2D eigenvalue weighted by Crippen LogP contribution is -2.51. The highest BCUT2D eigenvalue weighted by Crippen LogP contribution is 2.28. The number of carbonyl (C=O) groups is 1. The molecule has 1 aliphatic rings. The average Bonchev–Trinajstić information content (AvgIpc) is 2.38. The van der Waals surface area contributed by atoms with E-state index in [1.54, 1.807) is 7.11 Å². The van der Waals surface area contributed by atoms with Crippen LogP contribution in [0.4, 0.5) is 5.69 Å². The van der Waals surface area contributed by atoms with Gasteiger partial charge in [0.1, 0.15) is 5.75 Å². The maximum absolute atomic E-state index is 10.8. The Balaban J connectivity index is 2.01. The van der Waals surface area contributed by atoms with Crippen LogP contribution in [-0.4, -0.2) is 36.8 Å². The molecule has 1 aromatic rings. The molecule has 0 bridgehead atoms. The number of benzene rings is 1. The van der Waals surface area contributed by atoms with Gasteiger partial charge in [-0.3, -0.25) is 4.79 Å². The lowest BCUT2D eigenvalue weighted by Gasteiger charge is -2.39. The summed E-state index contributed by atoms with van der Waals surface area (Å²) in [6, 6.07) is 7.88. The normalized spacial score (nSPS) is 18.1. The van der Waals surface area contributed by atoms with Crippen LogP contribution in [0.3, 0.4) is 0 Å². The fourth-order valence-corrected chi connectivity index (χ4v) is 2.50. The first-order chi connectivity index (χ1) is 9.02. The second-order valence-corrected chi connectivity index (χ2v) is 5.12. The largest absolute Gasteiger partial charge is 0.497 e. The van der Waals surface area contributed by atoms with Gasteiger partial charge in [-0.15, -0.1) is 0 Å². The number of hydrogen-bond acceptors (Lipinski definition) is 4. The first-order valence-electron chi connectivity index (χ1n) is 6.42. The van der Waals surface area contributed by atoms with Gasteiger partial charge < -0.3 is 20.5 Å². The molecule has 1 aromatic carbocycles. The van der Waals surface area contributed by atoms with Gasteiger partial charge >= 0.3 is 5.97 Å². The molecule has 1 fully saturated rings. The smallest absolute Gasteiger partial charge is 0.305 e. The number of nitrogens with two attached hydrogens (primary N) is 1. The van der Waals surface area contributed by atoms with E-state index in [4.69, 9.17) is 15.6 Å². The first-order valence-corrected chi connectivity index (χ1v) is 6.42. The second-order valence-electron chi connectivity index (χ2n) is 5.12. The van der Waals surface area contributed by atoms with Crippen molar-refractivity contribution in [3.8, 4) is 5.75 Å². The van der Waals surface area contributed by atoms with E-state index in [-0.39, 0.29) is 6.42 Å². The molecule has 0 saturated carbocycles. The molecule has 1 heterocycles. The van der Waals surface area contributed by atoms with E-state index in [0.717, 1.165) is 24.5 Å². The molecule has 0 radical (unpaired) electrons. The lowest BCUT2D eigenvalue weighted by atomic mass is 9.85. The minimum atomic E-state index is -0.822. The van der Waals surface area contributed by atoms with Crippen LogP contribution < -0.4 is 15.4 Å². The first kappa shape index (κ1) is 13.7. The van der Waals surface area contributed by atoms with E-state index in [1.807, 2.05) is 24.3 Å². The zero-order valence-corrected chi connectivity index (χ0v) is 11.1. The van der Waals surface area contributed by atoms with Crippen LogP contribution in [0.25, 0.3) is 0 Å². The molecule has 1 saturated heterocycles. The molecule has 0 aromatic heterocycles. The van der Waals surface area contributed by atoms with Crippen molar-refractivity contribution in [2.24, 2.45) is 5.73 Å². The number of methoxy groups -OCH3 is 1. The van der Waals surface area contributed by atoms with Crippen molar-refractivity contribution >= 4 is 11.7 Å². The van der Waals surface area contributed by atoms with Gasteiger partial charge in [-0.05, 0) is 25.0 Å².